The van der Waals surface area contributed by atoms with Crippen LogP contribution in [0.4, 0.5) is 5.82 Å². The highest BCUT2D eigenvalue weighted by molar-refractivity contribution is 5.39. The van der Waals surface area contributed by atoms with Crippen LogP contribution in [-0.2, 0) is 0 Å². The second-order valence-corrected chi connectivity index (χ2v) is 4.26. The van der Waals surface area contributed by atoms with Crippen LogP contribution in [0.3, 0.4) is 0 Å². The number of aromatic nitrogens is 2. The van der Waals surface area contributed by atoms with E-state index in [4.69, 9.17) is 5.73 Å². The second kappa shape index (κ2) is 4.65. The smallest absolute Gasteiger partial charge is 0.252 e. The van der Waals surface area contributed by atoms with Gasteiger partial charge in [0.05, 0.1) is 0 Å². The number of hydrogen-bond acceptors (Lipinski definition) is 4. The van der Waals surface area contributed by atoms with Crippen molar-refractivity contribution >= 4 is 5.82 Å². The Labute approximate surface area is 94.7 Å². The Morgan fingerprint density at radius 1 is 1.62 bits per heavy atom. The van der Waals surface area contributed by atoms with Crippen LogP contribution in [0.5, 0.6) is 0 Å². The summed E-state index contributed by atoms with van der Waals surface area (Å²) in [6.45, 7) is 3.15. The van der Waals surface area contributed by atoms with Gasteiger partial charge in [-0.2, -0.15) is 0 Å². The highest BCUT2D eigenvalue weighted by Crippen LogP contribution is 2.27. The normalized spacial score (nSPS) is 15.9. The van der Waals surface area contributed by atoms with Crippen molar-refractivity contribution in [3.63, 3.8) is 0 Å². The Bertz CT molecular complexity index is 411. The molecule has 1 aliphatic rings. The van der Waals surface area contributed by atoms with Crippen LogP contribution >= 0.6 is 0 Å². The molecule has 0 aliphatic heterocycles. The van der Waals surface area contributed by atoms with Gasteiger partial charge in [-0.15, -0.1) is 0 Å². The second-order valence-electron chi connectivity index (χ2n) is 4.26. The maximum absolute atomic E-state index is 11.4. The third-order valence-electron chi connectivity index (χ3n) is 3.03. The molecule has 5 nitrogen and oxygen atoms in total. The molecule has 88 valence electrons. The summed E-state index contributed by atoms with van der Waals surface area (Å²) in [5.74, 6) is 1.42. The van der Waals surface area contributed by atoms with Crippen LogP contribution in [0.2, 0.25) is 0 Å². The van der Waals surface area contributed by atoms with E-state index < -0.39 is 0 Å². The minimum absolute atomic E-state index is 0.0937. The van der Waals surface area contributed by atoms with Crippen LogP contribution in [0.25, 0.3) is 0 Å². The summed E-state index contributed by atoms with van der Waals surface area (Å²) in [6.07, 6.45) is 3.61. The van der Waals surface area contributed by atoms with Crippen molar-refractivity contribution in [1.82, 2.24) is 9.97 Å². The van der Waals surface area contributed by atoms with Crippen molar-refractivity contribution in [3.8, 4) is 0 Å². The Hall–Kier alpha value is -1.36. The van der Waals surface area contributed by atoms with Crippen molar-refractivity contribution in [1.29, 1.82) is 0 Å². The lowest BCUT2D eigenvalue weighted by Gasteiger charge is -2.38. The molecule has 1 aliphatic carbocycles. The SMILES string of the molecule is Cc1nc(N(CCN)C2CCC2)cc(=O)[nH]1. The van der Waals surface area contributed by atoms with Gasteiger partial charge >= 0.3 is 0 Å². The third kappa shape index (κ3) is 2.24. The molecule has 1 aromatic heterocycles. The van der Waals surface area contributed by atoms with E-state index in [2.05, 4.69) is 14.9 Å². The predicted molar refractivity (Wildman–Crippen MR) is 63.6 cm³/mol. The summed E-state index contributed by atoms with van der Waals surface area (Å²) in [6, 6.07) is 2.07. The number of nitrogens with zero attached hydrogens (tertiary/aromatic N) is 2. The first-order chi connectivity index (χ1) is 7.70. The number of nitrogens with one attached hydrogen (secondary N) is 1. The van der Waals surface area contributed by atoms with E-state index in [-0.39, 0.29) is 5.56 Å². The number of hydrogen-bond donors (Lipinski definition) is 2. The number of anilines is 1. The molecule has 16 heavy (non-hydrogen) atoms. The van der Waals surface area contributed by atoms with Crippen LogP contribution < -0.4 is 16.2 Å². The number of aromatic amines is 1. The van der Waals surface area contributed by atoms with Gasteiger partial charge in [0.15, 0.2) is 0 Å². The van der Waals surface area contributed by atoms with Crippen molar-refractivity contribution in [2.45, 2.75) is 32.2 Å². The number of rotatable bonds is 4. The lowest BCUT2D eigenvalue weighted by molar-refractivity contribution is 0.385. The average Bonchev–Trinajstić information content (AvgIpc) is 2.12. The summed E-state index contributed by atoms with van der Waals surface area (Å²) in [5.41, 5.74) is 5.51. The molecule has 5 heteroatoms. The van der Waals surface area contributed by atoms with Crippen molar-refractivity contribution in [2.75, 3.05) is 18.0 Å². The molecule has 3 N–H and O–H groups in total. The lowest BCUT2D eigenvalue weighted by Crippen LogP contribution is -2.44. The molecule has 1 heterocycles. The number of nitrogens with two attached hydrogens (primary N) is 1. The quantitative estimate of drug-likeness (QED) is 0.773. The van der Waals surface area contributed by atoms with Gasteiger partial charge < -0.3 is 15.6 Å². The van der Waals surface area contributed by atoms with Gasteiger partial charge in [-0.25, -0.2) is 4.98 Å². The van der Waals surface area contributed by atoms with Gasteiger partial charge in [0.25, 0.3) is 5.56 Å². The van der Waals surface area contributed by atoms with Crippen LogP contribution in [-0.4, -0.2) is 29.1 Å². The lowest BCUT2D eigenvalue weighted by atomic mass is 9.91. The first-order valence-electron chi connectivity index (χ1n) is 5.75. The molecule has 1 aromatic rings. The molecule has 0 spiro atoms. The zero-order valence-electron chi connectivity index (χ0n) is 9.57. The fraction of sp³-hybridized carbons (Fsp3) is 0.636. The van der Waals surface area contributed by atoms with Gasteiger partial charge in [-0.05, 0) is 26.2 Å². The van der Waals surface area contributed by atoms with Gasteiger partial charge in [-0.3, -0.25) is 4.79 Å². The zero-order chi connectivity index (χ0) is 11.5. The minimum Gasteiger partial charge on any atom is -0.352 e. The maximum Gasteiger partial charge on any atom is 0.252 e. The topological polar surface area (TPSA) is 75.0 Å². The Balaban J connectivity index is 2.26. The van der Waals surface area contributed by atoms with Crippen molar-refractivity contribution in [2.24, 2.45) is 5.73 Å². The fourth-order valence-electron chi connectivity index (χ4n) is 2.03. The molecule has 0 saturated heterocycles. The summed E-state index contributed by atoms with van der Waals surface area (Å²) in [5, 5.41) is 0. The van der Waals surface area contributed by atoms with E-state index in [1.54, 1.807) is 13.0 Å². The minimum atomic E-state index is -0.0937. The highest BCUT2D eigenvalue weighted by Gasteiger charge is 2.25. The van der Waals surface area contributed by atoms with Gasteiger partial charge in [0.2, 0.25) is 0 Å². The first kappa shape index (κ1) is 11.1. The Kier molecular flexibility index (Phi) is 3.24. The molecule has 2 rings (SSSR count). The monoisotopic (exact) mass is 222 g/mol. The molecule has 1 saturated carbocycles. The standard InChI is InChI=1S/C11H18N4O/c1-8-13-10(7-11(16)14-8)15(6-5-12)9-3-2-4-9/h7,9H,2-6,12H2,1H3,(H,13,14,16). The molecule has 0 amide bonds. The maximum atomic E-state index is 11.4. The van der Waals surface area contributed by atoms with E-state index in [0.29, 0.717) is 18.4 Å². The van der Waals surface area contributed by atoms with E-state index in [1.807, 2.05) is 0 Å². The van der Waals surface area contributed by atoms with Crippen molar-refractivity contribution in [3.05, 3.63) is 22.2 Å². The van der Waals surface area contributed by atoms with Gasteiger partial charge in [0, 0.05) is 25.2 Å². The van der Waals surface area contributed by atoms with E-state index in [0.717, 1.165) is 12.4 Å². The summed E-state index contributed by atoms with van der Waals surface area (Å²) < 4.78 is 0. The third-order valence-corrected chi connectivity index (χ3v) is 3.03. The highest BCUT2D eigenvalue weighted by atomic mass is 16.1. The van der Waals surface area contributed by atoms with Crippen LogP contribution in [0, 0.1) is 6.92 Å². The molecular weight excluding hydrogens is 204 g/mol. The largest absolute Gasteiger partial charge is 0.352 e. The molecule has 0 aromatic carbocycles. The Morgan fingerprint density at radius 2 is 2.38 bits per heavy atom. The predicted octanol–water partition coefficient (Wildman–Crippen LogP) is 0.396. The molecule has 0 atom stereocenters. The Morgan fingerprint density at radius 3 is 2.88 bits per heavy atom. The molecule has 0 radical (unpaired) electrons. The molecule has 0 unspecified atom stereocenters. The average molecular weight is 222 g/mol. The molecular formula is C11H18N4O. The van der Waals surface area contributed by atoms with Crippen LogP contribution in [0.1, 0.15) is 25.1 Å². The van der Waals surface area contributed by atoms with E-state index in [1.165, 1.54) is 19.3 Å². The van der Waals surface area contributed by atoms with E-state index in [9.17, 15) is 4.79 Å². The number of H-pyrrole nitrogens is 1. The summed E-state index contributed by atoms with van der Waals surface area (Å²) >= 11 is 0. The fourth-order valence-corrected chi connectivity index (χ4v) is 2.03. The number of aryl methyl sites for hydroxylation is 1. The van der Waals surface area contributed by atoms with Crippen molar-refractivity contribution < 1.29 is 0 Å². The van der Waals surface area contributed by atoms with Gasteiger partial charge in [0.1, 0.15) is 11.6 Å². The van der Waals surface area contributed by atoms with Crippen LogP contribution in [0.15, 0.2) is 10.9 Å². The summed E-state index contributed by atoms with van der Waals surface area (Å²) in [4.78, 5) is 20.6. The molecule has 1 fully saturated rings. The summed E-state index contributed by atoms with van der Waals surface area (Å²) in [7, 11) is 0. The zero-order valence-corrected chi connectivity index (χ0v) is 9.57. The van der Waals surface area contributed by atoms with Gasteiger partial charge in [-0.1, -0.05) is 0 Å². The molecule has 0 bridgehead atoms. The first-order valence-corrected chi connectivity index (χ1v) is 5.75. The van der Waals surface area contributed by atoms with E-state index >= 15 is 0 Å².